The van der Waals surface area contributed by atoms with Crippen LogP contribution in [0.5, 0.6) is 0 Å². The molecule has 1 rings (SSSR count). The maximum Gasteiger partial charge on any atom is 0.470 e. The van der Waals surface area contributed by atoms with E-state index in [1.165, 1.54) is 0 Å². The molecule has 228 valence electrons. The largest absolute Gasteiger partial charge is 0.470 e. The van der Waals surface area contributed by atoms with Gasteiger partial charge in [0.05, 0.1) is 0 Å². The smallest absolute Gasteiger partial charge is 0.303 e. The Bertz CT molecular complexity index is 843. The second-order valence-electron chi connectivity index (χ2n) is 6.36. The number of phosphoric acid groups is 6. The summed E-state index contributed by atoms with van der Waals surface area (Å²) in [6, 6.07) is 0. The summed E-state index contributed by atoms with van der Waals surface area (Å²) in [6.45, 7) is 0. The molecular weight excluding hydrogens is 1030 g/mol. The van der Waals surface area contributed by atoms with Crippen LogP contribution >= 0.6 is 46.9 Å². The maximum atomic E-state index is 11.4. The van der Waals surface area contributed by atoms with Crippen molar-refractivity contribution in [3.05, 3.63) is 0 Å². The third kappa shape index (κ3) is 24.5. The average Bonchev–Trinajstić information content (AvgIpc) is 2.51. The molecule has 36 heteroatoms. The van der Waals surface area contributed by atoms with E-state index in [0.29, 0.717) is 0 Å². The molecule has 24 nitrogen and oxygen atoms in total. The van der Waals surface area contributed by atoms with Gasteiger partial charge in [-0.05, 0) is 0 Å². The minimum absolute atomic E-state index is 0. The zero-order valence-electron chi connectivity index (χ0n) is 20.7. The molecule has 1 aliphatic rings. The molecule has 42 heavy (non-hydrogen) atoms. The predicted molar refractivity (Wildman–Crippen MR) is 102 cm³/mol. The van der Waals surface area contributed by atoms with Gasteiger partial charge in [-0.25, -0.2) is 27.4 Å². The van der Waals surface area contributed by atoms with Crippen LogP contribution < -0.4 is 0 Å². The molecule has 0 aliphatic heterocycles. The summed E-state index contributed by atoms with van der Waals surface area (Å²) in [6.07, 6.45) is -18.9. The van der Waals surface area contributed by atoms with Gasteiger partial charge < -0.3 is 58.7 Å². The summed E-state index contributed by atoms with van der Waals surface area (Å²) in [5.74, 6) is 0. The van der Waals surface area contributed by atoms with Crippen molar-refractivity contribution in [2.24, 2.45) is 0 Å². The minimum Gasteiger partial charge on any atom is -0.303 e. The van der Waals surface area contributed by atoms with Gasteiger partial charge in [0.15, 0.2) is 0 Å². The Morgan fingerprint density at radius 2 is 0.333 bits per heavy atom. The van der Waals surface area contributed by atoms with Crippen molar-refractivity contribution in [1.82, 2.24) is 0 Å². The van der Waals surface area contributed by atoms with Gasteiger partial charge in [0.25, 0.3) is 0 Å². The average molecular weight is 1050 g/mol. The Labute approximate surface area is 310 Å². The molecule has 0 aromatic carbocycles. The molecule has 0 atom stereocenters. The molecule has 0 radical (unpaired) electrons. The Kier molecular flexibility index (Phi) is 30.1. The first-order valence-electron chi connectivity index (χ1n) is 8.01. The van der Waals surface area contributed by atoms with Crippen LogP contribution in [0.1, 0.15) is 0 Å². The van der Waals surface area contributed by atoms with Crippen LogP contribution in [-0.4, -0.2) is 95.3 Å². The van der Waals surface area contributed by atoms with E-state index in [-0.39, 0.29) is 117 Å². The third-order valence-electron chi connectivity index (χ3n) is 3.50. The topological polar surface area (TPSA) is 401 Å². The van der Waals surface area contributed by atoms with Crippen molar-refractivity contribution in [1.29, 1.82) is 0 Å². The Balaban J connectivity index is -0.000000540. The Morgan fingerprint density at radius 1 is 0.262 bits per heavy atom. The summed E-state index contributed by atoms with van der Waals surface area (Å²) in [4.78, 5) is 110. The second kappa shape index (κ2) is 21.6. The molecule has 0 unspecified atom stereocenters. The molecule has 0 spiro atoms. The van der Waals surface area contributed by atoms with Gasteiger partial charge >= 0.3 is 46.9 Å². The van der Waals surface area contributed by atoms with E-state index in [4.69, 9.17) is 58.7 Å². The third-order valence-corrected chi connectivity index (χ3v) is 6.61. The van der Waals surface area contributed by atoms with Crippen LogP contribution in [0.4, 0.5) is 0 Å². The first-order valence-corrected chi connectivity index (χ1v) is 17.2. The van der Waals surface area contributed by atoms with Crippen molar-refractivity contribution in [3.8, 4) is 0 Å². The monoisotopic (exact) mass is 1040 g/mol. The van der Waals surface area contributed by atoms with Gasteiger partial charge in [-0.15, -0.1) is 0 Å². The molecule has 0 bridgehead atoms. The molecule has 0 aromatic heterocycles. The minimum atomic E-state index is -6.02. The molecule has 1 saturated carbocycles. The molecule has 0 amide bonds. The van der Waals surface area contributed by atoms with Crippen molar-refractivity contribution in [2.45, 2.75) is 36.6 Å². The summed E-state index contributed by atoms with van der Waals surface area (Å²) >= 11 is 0. The molecule has 0 heterocycles. The standard InChI is InChI=1S/C6H18O24P6.6Zn/c7-31(8,9)25-1-2(26-32(10,11)12)4(28-34(16,17)18)6(30-36(22,23)24)5(29-35(19,20)21)3(1)27-33(13,14)15;;;;;;/h1-6H,(H2,7,8,9)(H2,10,11,12)(H2,13,14,15)(H2,16,17,18)(H2,19,20,21)(H2,22,23,24);;;;;;. The van der Waals surface area contributed by atoms with Crippen molar-refractivity contribution in [2.75, 3.05) is 0 Å². The first-order chi connectivity index (χ1) is 15.6. The number of rotatable bonds is 12. The molecule has 0 saturated heterocycles. The van der Waals surface area contributed by atoms with Gasteiger partial charge in [-0.3, -0.25) is 27.1 Å². The quantitative estimate of drug-likeness (QED) is 0.0678. The van der Waals surface area contributed by atoms with Gasteiger partial charge in [-0.2, -0.15) is 0 Å². The fraction of sp³-hybridized carbons (Fsp3) is 1.00. The Hall–Kier alpha value is 4.40. The maximum absolute atomic E-state index is 11.4. The van der Waals surface area contributed by atoms with E-state index in [9.17, 15) is 27.4 Å². The van der Waals surface area contributed by atoms with Crippen LogP contribution in [0.25, 0.3) is 0 Å². The molecule has 1 aliphatic carbocycles. The van der Waals surface area contributed by atoms with E-state index in [1.807, 2.05) is 0 Å². The zero-order chi connectivity index (χ0) is 28.7. The first kappa shape index (κ1) is 58.6. The van der Waals surface area contributed by atoms with E-state index in [1.54, 1.807) is 0 Å². The zero-order valence-corrected chi connectivity index (χ0v) is 43.8. The Morgan fingerprint density at radius 3 is 0.381 bits per heavy atom. The van der Waals surface area contributed by atoms with Gasteiger partial charge in [0, 0.05) is 117 Å². The van der Waals surface area contributed by atoms with Crippen LogP contribution in [0.15, 0.2) is 0 Å². The van der Waals surface area contributed by atoms with Crippen LogP contribution in [0, 0.1) is 0 Å². The van der Waals surface area contributed by atoms with E-state index >= 15 is 0 Å². The molecule has 0 aromatic rings. The summed E-state index contributed by atoms with van der Waals surface area (Å²) in [5.41, 5.74) is 0. The van der Waals surface area contributed by atoms with E-state index in [0.717, 1.165) is 0 Å². The SMILES string of the molecule is O=P(O)(O)OC1C(OP(=O)(O)O)C(OP(=O)(O)O)C(OP(=O)(O)O)C(OP(=O)(O)O)C1OP(=O)(O)O.[Zn].[Zn].[Zn].[Zn].[Zn].[Zn]. The fourth-order valence-electron chi connectivity index (χ4n) is 2.79. The van der Waals surface area contributed by atoms with Crippen molar-refractivity contribution >= 4 is 46.9 Å². The van der Waals surface area contributed by atoms with E-state index < -0.39 is 83.6 Å². The van der Waals surface area contributed by atoms with E-state index in [2.05, 4.69) is 27.1 Å². The van der Waals surface area contributed by atoms with Gasteiger partial charge in [-0.1, -0.05) is 0 Å². The van der Waals surface area contributed by atoms with Crippen LogP contribution in [-0.2, 0) is 171 Å². The summed E-state index contributed by atoms with van der Waals surface area (Å²) < 4.78 is 93.1. The fourth-order valence-corrected chi connectivity index (χ4v) is 6.14. The molecule has 12 N–H and O–H groups in total. The van der Waals surface area contributed by atoms with Crippen molar-refractivity contribution < 1.29 is 230 Å². The predicted octanol–water partition coefficient (Wildman–Crippen LogP) is -3.15. The number of phosphoric ester groups is 6. The number of hydrogen-bond donors (Lipinski definition) is 12. The molecule has 1 fully saturated rings. The van der Waals surface area contributed by atoms with Crippen molar-refractivity contribution in [3.63, 3.8) is 0 Å². The molecular formula is C6H18O24P6Zn6. The van der Waals surface area contributed by atoms with Gasteiger partial charge in [0.2, 0.25) is 0 Å². The van der Waals surface area contributed by atoms with Gasteiger partial charge in [0.1, 0.15) is 36.6 Å². The normalized spacial score (nSPS) is 25.1. The second-order valence-corrected chi connectivity index (χ2v) is 13.5. The number of hydrogen-bond acceptors (Lipinski definition) is 12. The van der Waals surface area contributed by atoms with Crippen LogP contribution in [0.2, 0.25) is 0 Å². The summed E-state index contributed by atoms with van der Waals surface area (Å²) in [5, 5.41) is 0. The summed E-state index contributed by atoms with van der Waals surface area (Å²) in [7, 11) is -36.1. The van der Waals surface area contributed by atoms with Crippen LogP contribution in [0.3, 0.4) is 0 Å².